The SMILES string of the molecule is Oc1c(O)c(O)c(-c2cccc(-c3c4ccccc4c(-c4ccc(-c5c(O)c(O)c(O)c(O)c5O)c5oc6ccccc6c45)c4ccccc34)c2)c(O)c1O. The fraction of sp³-hybridized carbons (Fsp3) is 0. The lowest BCUT2D eigenvalue weighted by molar-refractivity contribution is 0.330. The first kappa shape index (κ1) is 33.0. The van der Waals surface area contributed by atoms with Gasteiger partial charge in [0.1, 0.15) is 11.2 Å². The maximum atomic E-state index is 11.0. The van der Waals surface area contributed by atoms with Gasteiger partial charge in [0.15, 0.2) is 23.0 Å². The van der Waals surface area contributed by atoms with Gasteiger partial charge in [-0.15, -0.1) is 0 Å². The lowest BCUT2D eigenvalue weighted by Crippen LogP contribution is -1.93. The Morgan fingerprint density at radius 1 is 0.309 bits per heavy atom. The van der Waals surface area contributed by atoms with Crippen LogP contribution in [0, 0.1) is 0 Å². The molecule has 0 amide bonds. The molecule has 0 saturated carbocycles. The van der Waals surface area contributed by atoms with Crippen molar-refractivity contribution in [2.45, 2.75) is 0 Å². The molecule has 55 heavy (non-hydrogen) atoms. The smallest absolute Gasteiger partial charge is 0.208 e. The van der Waals surface area contributed by atoms with Crippen molar-refractivity contribution in [3.8, 4) is 102 Å². The first-order valence-corrected chi connectivity index (χ1v) is 16.9. The third-order valence-electron chi connectivity index (χ3n) is 10.2. The Morgan fingerprint density at radius 2 is 0.709 bits per heavy atom. The number of aromatic hydroxyl groups is 10. The molecule has 11 heteroatoms. The second-order valence-corrected chi connectivity index (χ2v) is 13.1. The minimum Gasteiger partial charge on any atom is -0.504 e. The summed E-state index contributed by atoms with van der Waals surface area (Å²) >= 11 is 0. The molecule has 0 spiro atoms. The molecule has 0 bridgehead atoms. The number of phenolic OH excluding ortho intramolecular Hbond substituents is 10. The molecule has 9 aromatic rings. The molecule has 1 aromatic heterocycles. The van der Waals surface area contributed by atoms with Gasteiger partial charge in [0.2, 0.25) is 34.5 Å². The summed E-state index contributed by atoms with van der Waals surface area (Å²) in [7, 11) is 0. The second kappa shape index (κ2) is 11.8. The molecule has 0 saturated heterocycles. The molecule has 270 valence electrons. The number of rotatable bonds is 4. The summed E-state index contributed by atoms with van der Waals surface area (Å²) in [6, 6.07) is 32.9. The lowest BCUT2D eigenvalue weighted by atomic mass is 9.83. The maximum absolute atomic E-state index is 11.0. The van der Waals surface area contributed by atoms with Gasteiger partial charge in [0.25, 0.3) is 0 Å². The van der Waals surface area contributed by atoms with Crippen molar-refractivity contribution >= 4 is 43.5 Å². The van der Waals surface area contributed by atoms with Crippen LogP contribution in [0.2, 0.25) is 0 Å². The van der Waals surface area contributed by atoms with Crippen LogP contribution in [0.1, 0.15) is 0 Å². The minimum atomic E-state index is -1.08. The van der Waals surface area contributed by atoms with Crippen molar-refractivity contribution in [2.24, 2.45) is 0 Å². The topological polar surface area (TPSA) is 215 Å². The zero-order valence-electron chi connectivity index (χ0n) is 28.3. The Morgan fingerprint density at radius 3 is 1.24 bits per heavy atom. The molecule has 1 heterocycles. The van der Waals surface area contributed by atoms with E-state index >= 15 is 0 Å². The fourth-order valence-corrected chi connectivity index (χ4v) is 7.69. The van der Waals surface area contributed by atoms with Crippen LogP contribution < -0.4 is 0 Å². The predicted octanol–water partition coefficient (Wildman–Crippen LogP) is 9.62. The van der Waals surface area contributed by atoms with Crippen molar-refractivity contribution in [1.82, 2.24) is 0 Å². The van der Waals surface area contributed by atoms with Gasteiger partial charge in [0, 0.05) is 16.3 Å². The van der Waals surface area contributed by atoms with Crippen LogP contribution in [0.4, 0.5) is 0 Å². The average molecular weight is 733 g/mol. The highest BCUT2D eigenvalue weighted by molar-refractivity contribution is 6.27. The van der Waals surface area contributed by atoms with Crippen molar-refractivity contribution in [2.75, 3.05) is 0 Å². The molecule has 9 rings (SSSR count). The highest BCUT2D eigenvalue weighted by atomic mass is 16.4. The second-order valence-electron chi connectivity index (χ2n) is 13.1. The summed E-state index contributed by atoms with van der Waals surface area (Å²) in [5.41, 5.74) is 3.44. The van der Waals surface area contributed by atoms with Crippen LogP contribution in [0.3, 0.4) is 0 Å². The monoisotopic (exact) mass is 732 g/mol. The van der Waals surface area contributed by atoms with E-state index in [9.17, 15) is 51.1 Å². The molecule has 0 radical (unpaired) electrons. The summed E-state index contributed by atoms with van der Waals surface area (Å²) in [5, 5.41) is 110. The van der Waals surface area contributed by atoms with Crippen LogP contribution in [-0.4, -0.2) is 51.1 Å². The number of fused-ring (bicyclic) bond motifs is 5. The van der Waals surface area contributed by atoms with Gasteiger partial charge >= 0.3 is 0 Å². The van der Waals surface area contributed by atoms with Gasteiger partial charge in [0.05, 0.1) is 11.1 Å². The number of furan rings is 1. The van der Waals surface area contributed by atoms with E-state index in [2.05, 4.69) is 0 Å². The Labute approximate surface area is 309 Å². The van der Waals surface area contributed by atoms with Crippen molar-refractivity contribution < 1.29 is 55.5 Å². The molecule has 0 atom stereocenters. The quantitative estimate of drug-likeness (QED) is 0.0467. The number of hydrogen-bond donors (Lipinski definition) is 10. The Bertz CT molecular complexity index is 2990. The zero-order chi connectivity index (χ0) is 38.4. The molecular weight excluding hydrogens is 704 g/mol. The molecule has 0 aliphatic heterocycles. The fourth-order valence-electron chi connectivity index (χ4n) is 7.69. The Kier molecular flexibility index (Phi) is 7.07. The number of phenols is 10. The molecule has 0 aliphatic carbocycles. The van der Waals surface area contributed by atoms with E-state index in [-0.39, 0.29) is 27.8 Å². The van der Waals surface area contributed by atoms with Gasteiger partial charge in [-0.3, -0.25) is 0 Å². The third kappa shape index (κ3) is 4.56. The number of benzene rings is 8. The van der Waals surface area contributed by atoms with E-state index < -0.39 is 57.5 Å². The van der Waals surface area contributed by atoms with E-state index in [1.165, 1.54) is 0 Å². The molecule has 8 aromatic carbocycles. The summed E-state index contributed by atoms with van der Waals surface area (Å²) in [6.45, 7) is 0. The zero-order valence-corrected chi connectivity index (χ0v) is 28.3. The van der Waals surface area contributed by atoms with Crippen LogP contribution in [0.25, 0.3) is 88.0 Å². The molecule has 11 nitrogen and oxygen atoms in total. The molecule has 0 unspecified atom stereocenters. The van der Waals surface area contributed by atoms with Gasteiger partial charge in [-0.1, -0.05) is 91.0 Å². The highest BCUT2D eigenvalue weighted by Gasteiger charge is 2.29. The first-order chi connectivity index (χ1) is 26.5. The van der Waals surface area contributed by atoms with Gasteiger partial charge in [-0.2, -0.15) is 0 Å². The molecule has 0 aliphatic rings. The number of hydrogen-bond acceptors (Lipinski definition) is 11. The van der Waals surface area contributed by atoms with E-state index in [0.29, 0.717) is 27.5 Å². The summed E-state index contributed by atoms with van der Waals surface area (Å²) in [6.07, 6.45) is 0. The summed E-state index contributed by atoms with van der Waals surface area (Å²) < 4.78 is 6.40. The normalized spacial score (nSPS) is 11.6. The van der Waals surface area contributed by atoms with E-state index in [1.54, 1.807) is 42.5 Å². The Balaban J connectivity index is 1.37. The Hall–Kier alpha value is -7.92. The number of para-hydroxylation sites is 1. The molecule has 10 N–H and O–H groups in total. The average Bonchev–Trinajstić information content (AvgIpc) is 3.60. The summed E-state index contributed by atoms with van der Waals surface area (Å²) in [5.74, 6) is -9.46. The minimum absolute atomic E-state index is 0.135. The maximum Gasteiger partial charge on any atom is 0.208 e. The predicted molar refractivity (Wildman–Crippen MR) is 207 cm³/mol. The van der Waals surface area contributed by atoms with Crippen LogP contribution in [-0.2, 0) is 0 Å². The lowest BCUT2D eigenvalue weighted by Gasteiger charge is -2.19. The van der Waals surface area contributed by atoms with E-state index in [0.717, 1.165) is 32.7 Å². The summed E-state index contributed by atoms with van der Waals surface area (Å²) in [4.78, 5) is 0. The first-order valence-electron chi connectivity index (χ1n) is 16.9. The molecular formula is C44H28O11. The van der Waals surface area contributed by atoms with Gasteiger partial charge in [-0.05, 0) is 67.6 Å². The van der Waals surface area contributed by atoms with Crippen molar-refractivity contribution in [1.29, 1.82) is 0 Å². The van der Waals surface area contributed by atoms with E-state index in [1.807, 2.05) is 66.7 Å². The highest BCUT2D eigenvalue weighted by Crippen LogP contribution is 2.58. The van der Waals surface area contributed by atoms with Crippen LogP contribution in [0.15, 0.2) is 114 Å². The van der Waals surface area contributed by atoms with Crippen molar-refractivity contribution in [3.05, 3.63) is 109 Å². The van der Waals surface area contributed by atoms with Crippen LogP contribution in [0.5, 0.6) is 57.5 Å². The van der Waals surface area contributed by atoms with Gasteiger partial charge < -0.3 is 55.5 Å². The van der Waals surface area contributed by atoms with E-state index in [4.69, 9.17) is 4.42 Å². The largest absolute Gasteiger partial charge is 0.504 e. The van der Waals surface area contributed by atoms with Gasteiger partial charge in [-0.25, -0.2) is 0 Å². The van der Waals surface area contributed by atoms with Crippen molar-refractivity contribution in [3.63, 3.8) is 0 Å². The third-order valence-corrected chi connectivity index (χ3v) is 10.2. The van der Waals surface area contributed by atoms with Crippen LogP contribution >= 0.6 is 0 Å². The molecule has 0 fully saturated rings. The standard InChI is InChI=1S/C44H28O11/c45-34-30(35(46)39(50)42(53)38(34)49)20-9-7-8-19(18-20)29-21-10-1-3-12-23(21)31(24-13-4-2-11-22(24)29)26-16-17-27(33-36(47)40(51)43(54)41(52)37(33)48)44-32(26)25-14-5-6-15-28(25)55-44/h1-18,45-54H.